The molecule has 1 aliphatic heterocycles. The molecule has 1 atom stereocenters. The van der Waals surface area contributed by atoms with E-state index in [2.05, 4.69) is 20.6 Å². The molecule has 2 heterocycles. The number of rotatable bonds is 6. The van der Waals surface area contributed by atoms with Gasteiger partial charge in [0, 0.05) is 30.5 Å². The first kappa shape index (κ1) is 31.8. The quantitative estimate of drug-likeness (QED) is 0.279. The maximum atomic E-state index is 14.7. The summed E-state index contributed by atoms with van der Waals surface area (Å²) in [6.07, 6.45) is -11.0. The smallest absolute Gasteiger partial charge is 0.340 e. The number of aromatic amines is 1. The third-order valence-corrected chi connectivity index (χ3v) is 11.1. The molecule has 0 bridgehead atoms. The molecule has 44 heavy (non-hydrogen) atoms. The minimum absolute atomic E-state index is 0.0242. The molecule has 1 saturated carbocycles. The lowest BCUT2D eigenvalue weighted by Gasteiger charge is -2.33. The zero-order chi connectivity index (χ0) is 32.1. The van der Waals surface area contributed by atoms with Crippen molar-refractivity contribution in [2.45, 2.75) is 65.7 Å². The Morgan fingerprint density at radius 1 is 0.886 bits per heavy atom. The summed E-state index contributed by atoms with van der Waals surface area (Å²) in [5.74, 6) is -1.10. The molecule has 5 rings (SSSR count). The number of H-pyrrole nitrogens is 1. The van der Waals surface area contributed by atoms with Crippen molar-refractivity contribution in [1.29, 1.82) is 0 Å². The van der Waals surface area contributed by atoms with E-state index in [0.717, 1.165) is 24.3 Å². The lowest BCUT2D eigenvalue weighted by molar-refractivity contribution is -0.348. The van der Waals surface area contributed by atoms with Crippen molar-refractivity contribution in [3.8, 4) is 0 Å². The normalized spacial score (nSPS) is 23.6. The fraction of sp³-hybridized carbons (Fsp3) is 0.481. The number of aromatic nitrogens is 4. The van der Waals surface area contributed by atoms with Crippen molar-refractivity contribution < 1.29 is 48.3 Å². The van der Waals surface area contributed by atoms with Crippen LogP contribution in [0.15, 0.2) is 53.4 Å². The second-order valence-electron chi connectivity index (χ2n) is 11.0. The van der Waals surface area contributed by atoms with Crippen molar-refractivity contribution in [2.75, 3.05) is 13.1 Å². The minimum atomic E-state index is -6.36. The topological polar surface area (TPSA) is 109 Å². The number of hydrogen-bond donors (Lipinski definition) is 1. The number of amides is 1. The Kier molecular flexibility index (Phi) is 7.99. The number of carbonyl (C=O) groups excluding carboxylic acids is 1. The summed E-state index contributed by atoms with van der Waals surface area (Å²) < 4.78 is 135. The van der Waals surface area contributed by atoms with Gasteiger partial charge in [0.05, 0.1) is 4.90 Å². The molecule has 17 heteroatoms. The summed E-state index contributed by atoms with van der Waals surface area (Å²) in [7, 11) is -4.54. The maximum absolute atomic E-state index is 14.7. The van der Waals surface area contributed by atoms with E-state index in [-0.39, 0.29) is 47.4 Å². The first-order valence-corrected chi connectivity index (χ1v) is 15.0. The summed E-state index contributed by atoms with van der Waals surface area (Å²) in [6, 6.07) is 5.62. The molecule has 0 radical (unpaired) electrons. The van der Waals surface area contributed by atoms with Crippen LogP contribution in [-0.4, -0.2) is 65.3 Å². The van der Waals surface area contributed by atoms with Crippen LogP contribution in [0.5, 0.6) is 0 Å². The third kappa shape index (κ3) is 5.21. The van der Waals surface area contributed by atoms with Gasteiger partial charge in [-0.15, -0.1) is 10.2 Å². The molecular weight excluding hydrogens is 626 g/mol. The van der Waals surface area contributed by atoms with Crippen LogP contribution in [0.3, 0.4) is 0 Å². The Morgan fingerprint density at radius 3 is 2.00 bits per heavy atom. The summed E-state index contributed by atoms with van der Waals surface area (Å²) in [6.45, 7) is -0.571. The molecule has 1 amide bonds. The number of nitrogens with one attached hydrogen (secondary N) is 1. The predicted molar refractivity (Wildman–Crippen MR) is 137 cm³/mol. The zero-order valence-corrected chi connectivity index (χ0v) is 23.5. The molecule has 2 aromatic carbocycles. The van der Waals surface area contributed by atoms with Gasteiger partial charge in [0.2, 0.25) is 5.91 Å². The standard InChI is InChI=1S/C27H25F8N5O3S/c28-20-9-11-21(12-10-20)44(42,43)24(18-5-7-19(8-6-18)25(29,26(30,31)32)27(33,34)35)13-14-40(15-24)23(41)17-3-1-16(2-4-17)22-36-38-39-37-22/h5-12,16-17H,1-4,13-15H2,(H,36,37,38,39)/t16?,17?,24-/m0/s1. The maximum Gasteiger partial charge on any atom is 0.435 e. The Morgan fingerprint density at radius 2 is 1.48 bits per heavy atom. The number of hydrogen-bond acceptors (Lipinski definition) is 6. The van der Waals surface area contributed by atoms with Gasteiger partial charge in [-0.2, -0.15) is 31.6 Å². The molecule has 1 N–H and O–H groups in total. The summed E-state index contributed by atoms with van der Waals surface area (Å²) in [5.41, 5.74) is -7.73. The largest absolute Gasteiger partial charge is 0.435 e. The SMILES string of the molecule is O=C(C1CCC(c2nn[nH]n2)CC1)N1CC[C@](c2ccc(C(F)(C(F)(F)F)C(F)(F)F)cc2)(S(=O)(=O)c2ccc(F)cc2)C1. The van der Waals surface area contributed by atoms with Crippen LogP contribution in [0.25, 0.3) is 0 Å². The Bertz CT molecular complexity index is 1570. The zero-order valence-electron chi connectivity index (χ0n) is 22.7. The minimum Gasteiger partial charge on any atom is -0.340 e. The highest BCUT2D eigenvalue weighted by Gasteiger charge is 2.73. The fourth-order valence-electron chi connectivity index (χ4n) is 6.11. The van der Waals surface area contributed by atoms with Gasteiger partial charge in [-0.05, 0) is 61.9 Å². The van der Waals surface area contributed by atoms with Crippen LogP contribution in [0, 0.1) is 11.7 Å². The molecule has 0 spiro atoms. The van der Waals surface area contributed by atoms with Gasteiger partial charge in [0.25, 0.3) is 0 Å². The number of benzene rings is 2. The molecule has 3 aromatic rings. The molecular formula is C27H25F8N5O3S. The van der Waals surface area contributed by atoms with Crippen molar-refractivity contribution in [1.82, 2.24) is 25.5 Å². The number of carbonyl (C=O) groups is 1. The second kappa shape index (κ2) is 11.1. The van der Waals surface area contributed by atoms with Crippen LogP contribution in [0.2, 0.25) is 0 Å². The van der Waals surface area contributed by atoms with Gasteiger partial charge in [0.1, 0.15) is 10.6 Å². The molecule has 2 aliphatic rings. The van der Waals surface area contributed by atoms with Crippen LogP contribution >= 0.6 is 0 Å². The average Bonchev–Trinajstić information content (AvgIpc) is 3.68. The van der Waals surface area contributed by atoms with Crippen LogP contribution in [0.1, 0.15) is 55.0 Å². The van der Waals surface area contributed by atoms with Crippen molar-refractivity contribution in [3.05, 3.63) is 71.3 Å². The Labute approximate surface area is 245 Å². The number of alkyl halides is 7. The van der Waals surface area contributed by atoms with Crippen LogP contribution in [0.4, 0.5) is 35.1 Å². The van der Waals surface area contributed by atoms with Gasteiger partial charge >= 0.3 is 18.0 Å². The third-order valence-electron chi connectivity index (χ3n) is 8.58. The van der Waals surface area contributed by atoms with Gasteiger partial charge < -0.3 is 4.90 Å². The first-order chi connectivity index (χ1) is 20.5. The lowest BCUT2D eigenvalue weighted by Crippen LogP contribution is -2.50. The number of tetrazole rings is 1. The Hall–Kier alpha value is -3.63. The molecule has 1 aliphatic carbocycles. The highest BCUT2D eigenvalue weighted by atomic mass is 32.2. The van der Waals surface area contributed by atoms with Crippen molar-refractivity contribution >= 4 is 15.7 Å². The van der Waals surface area contributed by atoms with E-state index in [1.165, 1.54) is 4.90 Å². The molecule has 0 unspecified atom stereocenters. The van der Waals surface area contributed by atoms with Gasteiger partial charge in [-0.1, -0.05) is 29.5 Å². The number of halogens is 8. The Balaban J connectivity index is 1.48. The van der Waals surface area contributed by atoms with E-state index < -0.39 is 56.4 Å². The van der Waals surface area contributed by atoms with E-state index in [9.17, 15) is 48.3 Å². The van der Waals surface area contributed by atoms with E-state index in [1.807, 2.05) is 0 Å². The van der Waals surface area contributed by atoms with E-state index in [0.29, 0.717) is 43.6 Å². The van der Waals surface area contributed by atoms with Gasteiger partial charge in [0.15, 0.2) is 15.7 Å². The molecule has 1 aromatic heterocycles. The second-order valence-corrected chi connectivity index (χ2v) is 13.3. The van der Waals surface area contributed by atoms with Crippen molar-refractivity contribution in [2.24, 2.45) is 5.92 Å². The monoisotopic (exact) mass is 651 g/mol. The highest BCUT2D eigenvalue weighted by molar-refractivity contribution is 7.92. The summed E-state index contributed by atoms with van der Waals surface area (Å²) >= 11 is 0. The lowest BCUT2D eigenvalue weighted by atomic mass is 9.81. The van der Waals surface area contributed by atoms with E-state index in [4.69, 9.17) is 0 Å². The summed E-state index contributed by atoms with van der Waals surface area (Å²) in [4.78, 5) is 14.5. The van der Waals surface area contributed by atoms with Gasteiger partial charge in [-0.25, -0.2) is 17.2 Å². The number of sulfone groups is 1. The highest BCUT2D eigenvalue weighted by Crippen LogP contribution is 2.54. The molecule has 238 valence electrons. The molecule has 2 fully saturated rings. The number of nitrogens with zero attached hydrogens (tertiary/aromatic N) is 4. The van der Waals surface area contributed by atoms with E-state index in [1.54, 1.807) is 0 Å². The first-order valence-electron chi connectivity index (χ1n) is 13.5. The fourth-order valence-corrected chi connectivity index (χ4v) is 8.19. The van der Waals surface area contributed by atoms with E-state index >= 15 is 0 Å². The molecule has 1 saturated heterocycles. The van der Waals surface area contributed by atoms with Crippen LogP contribution < -0.4 is 0 Å². The predicted octanol–water partition coefficient (Wildman–Crippen LogP) is 5.50. The molecule has 8 nitrogen and oxygen atoms in total. The summed E-state index contributed by atoms with van der Waals surface area (Å²) in [5, 5.41) is 13.8. The van der Waals surface area contributed by atoms with Crippen LogP contribution in [-0.2, 0) is 25.0 Å². The average molecular weight is 652 g/mol. The van der Waals surface area contributed by atoms with Gasteiger partial charge in [-0.3, -0.25) is 4.79 Å². The van der Waals surface area contributed by atoms with Crippen molar-refractivity contribution in [3.63, 3.8) is 0 Å². The number of likely N-dealkylation sites (tertiary alicyclic amines) is 1.